The zero-order valence-electron chi connectivity index (χ0n) is 12.0. The molecule has 2 nitrogen and oxygen atoms in total. The fourth-order valence-electron chi connectivity index (χ4n) is 2.09. The molecule has 0 aromatic heterocycles. The Morgan fingerprint density at radius 1 is 1.19 bits per heavy atom. The van der Waals surface area contributed by atoms with Crippen LogP contribution in [0, 0.1) is 0 Å². The van der Waals surface area contributed by atoms with Crippen LogP contribution in [0.3, 0.4) is 0 Å². The van der Waals surface area contributed by atoms with Crippen LogP contribution >= 0.6 is 27.5 Å². The monoisotopic (exact) mass is 365 g/mol. The SMILES string of the molecule is CC(C)N(Cc1ccccc1)C(=O)c1cc(Cl)ccc1Br. The van der Waals surface area contributed by atoms with Crippen LogP contribution in [0.2, 0.25) is 5.02 Å². The van der Waals surface area contributed by atoms with Crippen molar-refractivity contribution in [2.45, 2.75) is 26.4 Å². The zero-order chi connectivity index (χ0) is 15.4. The summed E-state index contributed by atoms with van der Waals surface area (Å²) in [5.41, 5.74) is 1.70. The number of hydrogen-bond acceptors (Lipinski definition) is 1. The predicted molar refractivity (Wildman–Crippen MR) is 90.6 cm³/mol. The van der Waals surface area contributed by atoms with E-state index < -0.39 is 0 Å². The zero-order valence-corrected chi connectivity index (χ0v) is 14.4. The minimum absolute atomic E-state index is 0.0248. The minimum atomic E-state index is -0.0248. The van der Waals surface area contributed by atoms with Gasteiger partial charge in [-0.25, -0.2) is 0 Å². The van der Waals surface area contributed by atoms with Crippen molar-refractivity contribution >= 4 is 33.4 Å². The van der Waals surface area contributed by atoms with Crippen LogP contribution in [0.4, 0.5) is 0 Å². The van der Waals surface area contributed by atoms with Crippen molar-refractivity contribution in [3.8, 4) is 0 Å². The smallest absolute Gasteiger partial charge is 0.255 e. The van der Waals surface area contributed by atoms with Crippen molar-refractivity contribution in [3.05, 3.63) is 69.2 Å². The Morgan fingerprint density at radius 2 is 1.86 bits per heavy atom. The van der Waals surface area contributed by atoms with E-state index in [2.05, 4.69) is 15.9 Å². The van der Waals surface area contributed by atoms with Gasteiger partial charge in [0.25, 0.3) is 5.91 Å². The van der Waals surface area contributed by atoms with Crippen LogP contribution < -0.4 is 0 Å². The summed E-state index contributed by atoms with van der Waals surface area (Å²) in [5.74, 6) is -0.0248. The van der Waals surface area contributed by atoms with E-state index in [1.165, 1.54) is 0 Å². The number of hydrogen-bond donors (Lipinski definition) is 0. The molecule has 4 heteroatoms. The van der Waals surface area contributed by atoms with E-state index in [9.17, 15) is 4.79 Å². The maximum atomic E-state index is 12.8. The van der Waals surface area contributed by atoms with Gasteiger partial charge in [-0.05, 0) is 53.5 Å². The van der Waals surface area contributed by atoms with Gasteiger partial charge in [0.05, 0.1) is 5.56 Å². The molecule has 2 aromatic carbocycles. The first-order valence-corrected chi connectivity index (χ1v) is 7.96. The molecule has 0 aliphatic carbocycles. The molecule has 0 unspecified atom stereocenters. The molecule has 0 saturated carbocycles. The number of amides is 1. The first-order chi connectivity index (χ1) is 9.99. The molecule has 1 amide bonds. The summed E-state index contributed by atoms with van der Waals surface area (Å²) in [6, 6.07) is 15.3. The van der Waals surface area contributed by atoms with Crippen LogP contribution in [0.5, 0.6) is 0 Å². The normalized spacial score (nSPS) is 10.7. The van der Waals surface area contributed by atoms with Gasteiger partial charge < -0.3 is 4.90 Å². The number of halogens is 2. The Balaban J connectivity index is 2.30. The van der Waals surface area contributed by atoms with Gasteiger partial charge in [0.15, 0.2) is 0 Å². The van der Waals surface area contributed by atoms with Crippen LogP contribution in [-0.4, -0.2) is 16.8 Å². The van der Waals surface area contributed by atoms with Crippen molar-refractivity contribution < 1.29 is 4.79 Å². The van der Waals surface area contributed by atoms with Gasteiger partial charge >= 0.3 is 0 Å². The van der Waals surface area contributed by atoms with E-state index in [-0.39, 0.29) is 11.9 Å². The molecule has 0 N–H and O–H groups in total. The molecule has 0 heterocycles. The van der Waals surface area contributed by atoms with E-state index in [1.807, 2.05) is 49.1 Å². The molecular formula is C17H17BrClNO. The molecule has 0 fully saturated rings. The average molecular weight is 367 g/mol. The standard InChI is InChI=1S/C17H17BrClNO/c1-12(2)20(11-13-6-4-3-5-7-13)17(21)15-10-14(19)8-9-16(15)18/h3-10,12H,11H2,1-2H3. The molecule has 21 heavy (non-hydrogen) atoms. The maximum Gasteiger partial charge on any atom is 0.255 e. The van der Waals surface area contributed by atoms with Crippen LogP contribution in [0.1, 0.15) is 29.8 Å². The Morgan fingerprint density at radius 3 is 2.48 bits per heavy atom. The fourth-order valence-corrected chi connectivity index (χ4v) is 2.67. The van der Waals surface area contributed by atoms with Gasteiger partial charge in [0.1, 0.15) is 0 Å². The third-order valence-corrected chi connectivity index (χ3v) is 4.17. The van der Waals surface area contributed by atoms with E-state index in [1.54, 1.807) is 18.2 Å². The summed E-state index contributed by atoms with van der Waals surface area (Å²) < 4.78 is 0.760. The van der Waals surface area contributed by atoms with E-state index in [4.69, 9.17) is 11.6 Å². The van der Waals surface area contributed by atoms with E-state index >= 15 is 0 Å². The molecule has 0 atom stereocenters. The highest BCUT2D eigenvalue weighted by atomic mass is 79.9. The largest absolute Gasteiger partial charge is 0.332 e. The minimum Gasteiger partial charge on any atom is -0.332 e. The second-order valence-corrected chi connectivity index (χ2v) is 6.43. The highest BCUT2D eigenvalue weighted by molar-refractivity contribution is 9.10. The highest BCUT2D eigenvalue weighted by Gasteiger charge is 2.21. The van der Waals surface area contributed by atoms with Gasteiger partial charge in [-0.3, -0.25) is 4.79 Å². The molecule has 0 aliphatic heterocycles. The fraction of sp³-hybridized carbons (Fsp3) is 0.235. The van der Waals surface area contributed by atoms with Crippen LogP contribution in [0.25, 0.3) is 0 Å². The molecule has 0 bridgehead atoms. The first-order valence-electron chi connectivity index (χ1n) is 6.79. The second kappa shape index (κ2) is 7.10. The molecule has 0 aliphatic rings. The molecule has 0 saturated heterocycles. The first kappa shape index (κ1) is 16.1. The van der Waals surface area contributed by atoms with Crippen molar-refractivity contribution in [2.24, 2.45) is 0 Å². The summed E-state index contributed by atoms with van der Waals surface area (Å²) in [7, 11) is 0. The summed E-state index contributed by atoms with van der Waals surface area (Å²) in [6.07, 6.45) is 0. The third-order valence-electron chi connectivity index (χ3n) is 3.24. The van der Waals surface area contributed by atoms with Gasteiger partial charge in [-0.2, -0.15) is 0 Å². The van der Waals surface area contributed by atoms with Gasteiger partial charge in [-0.15, -0.1) is 0 Å². The van der Waals surface area contributed by atoms with Crippen LogP contribution in [-0.2, 0) is 6.54 Å². The Labute approximate surface area is 138 Å². The van der Waals surface area contributed by atoms with E-state index in [0.29, 0.717) is 17.1 Å². The van der Waals surface area contributed by atoms with Crippen molar-refractivity contribution in [1.29, 1.82) is 0 Å². The topological polar surface area (TPSA) is 20.3 Å². The summed E-state index contributed by atoms with van der Waals surface area (Å²) in [6.45, 7) is 4.61. The predicted octanol–water partition coefficient (Wildman–Crippen LogP) is 5.15. The number of rotatable bonds is 4. The summed E-state index contributed by atoms with van der Waals surface area (Å²) in [4.78, 5) is 14.6. The number of nitrogens with zero attached hydrogens (tertiary/aromatic N) is 1. The van der Waals surface area contributed by atoms with Crippen molar-refractivity contribution in [1.82, 2.24) is 4.90 Å². The summed E-state index contributed by atoms with van der Waals surface area (Å²) in [5, 5.41) is 0.560. The lowest BCUT2D eigenvalue weighted by Crippen LogP contribution is -2.36. The Kier molecular flexibility index (Phi) is 5.43. The van der Waals surface area contributed by atoms with E-state index in [0.717, 1.165) is 10.0 Å². The van der Waals surface area contributed by atoms with Crippen molar-refractivity contribution in [2.75, 3.05) is 0 Å². The number of carbonyl (C=O) groups excluding carboxylic acids is 1. The Bertz CT molecular complexity index is 628. The number of benzene rings is 2. The Hall–Kier alpha value is -1.32. The molecule has 2 aromatic rings. The molecule has 0 spiro atoms. The van der Waals surface area contributed by atoms with Gasteiger partial charge in [0, 0.05) is 22.1 Å². The van der Waals surface area contributed by atoms with Gasteiger partial charge in [-0.1, -0.05) is 41.9 Å². The molecule has 2 rings (SSSR count). The molecule has 0 radical (unpaired) electrons. The molecule has 110 valence electrons. The lowest BCUT2D eigenvalue weighted by atomic mass is 10.1. The van der Waals surface area contributed by atoms with Crippen molar-refractivity contribution in [3.63, 3.8) is 0 Å². The quantitative estimate of drug-likeness (QED) is 0.732. The summed E-state index contributed by atoms with van der Waals surface area (Å²) >= 11 is 9.44. The average Bonchev–Trinajstić information content (AvgIpc) is 2.47. The maximum absolute atomic E-state index is 12.8. The van der Waals surface area contributed by atoms with Crippen LogP contribution in [0.15, 0.2) is 53.0 Å². The van der Waals surface area contributed by atoms with Gasteiger partial charge in [0.2, 0.25) is 0 Å². The number of carbonyl (C=O) groups is 1. The highest BCUT2D eigenvalue weighted by Crippen LogP contribution is 2.24. The lowest BCUT2D eigenvalue weighted by molar-refractivity contribution is 0.0689. The third kappa shape index (κ3) is 4.08. The molecular weight excluding hydrogens is 350 g/mol. The lowest BCUT2D eigenvalue weighted by Gasteiger charge is -2.27. The second-order valence-electron chi connectivity index (χ2n) is 5.14.